The molecule has 1 amide bonds. The number of hydrogen-bond acceptors (Lipinski definition) is 9. The number of likely N-dealkylation sites (tertiary alicyclic amines) is 1. The van der Waals surface area contributed by atoms with Crippen molar-refractivity contribution in [3.05, 3.63) is 82.3 Å². The Balaban J connectivity index is 1.45. The molecule has 0 radical (unpaired) electrons. The molecule has 1 aromatic carbocycles. The fourth-order valence-electron chi connectivity index (χ4n) is 6.55. The van der Waals surface area contributed by atoms with E-state index >= 15 is 4.39 Å². The van der Waals surface area contributed by atoms with Crippen LogP contribution < -0.4 is 10.6 Å². The van der Waals surface area contributed by atoms with Gasteiger partial charge >= 0.3 is 5.69 Å². The van der Waals surface area contributed by atoms with Crippen molar-refractivity contribution < 1.29 is 26.4 Å². The second-order valence-electron chi connectivity index (χ2n) is 12.4. The van der Waals surface area contributed by atoms with Gasteiger partial charge in [-0.2, -0.15) is 4.98 Å². The van der Waals surface area contributed by atoms with Gasteiger partial charge in [0.2, 0.25) is 5.91 Å². The molecule has 15 heteroatoms. The minimum Gasteiger partial charge on any atom is -0.350 e. The average molecular weight is 696 g/mol. The van der Waals surface area contributed by atoms with Crippen molar-refractivity contribution >= 4 is 32.6 Å². The lowest BCUT2D eigenvalue weighted by Gasteiger charge is -2.40. The topological polar surface area (TPSA) is 122 Å². The number of amides is 1. The third kappa shape index (κ3) is 6.81. The maximum absolute atomic E-state index is 15.9. The Bertz CT molecular complexity index is 2110. The molecule has 1 atom stereocenters. The van der Waals surface area contributed by atoms with Gasteiger partial charge in [0.25, 0.3) is 0 Å². The molecule has 0 unspecified atom stereocenters. The summed E-state index contributed by atoms with van der Waals surface area (Å²) in [5, 5.41) is -0.00615. The first-order valence-corrected chi connectivity index (χ1v) is 17.9. The zero-order chi connectivity index (χ0) is 35.0. The van der Waals surface area contributed by atoms with Crippen LogP contribution in [0.4, 0.5) is 19.0 Å². The van der Waals surface area contributed by atoms with Crippen LogP contribution in [0.5, 0.6) is 0 Å². The van der Waals surface area contributed by atoms with Gasteiger partial charge < -0.3 is 9.80 Å². The highest BCUT2D eigenvalue weighted by molar-refractivity contribution is 7.90. The molecule has 2 aliphatic heterocycles. The number of aryl methyl sites for hydroxylation is 1. The zero-order valence-electron chi connectivity index (χ0n) is 27.4. The molecule has 6 rings (SSSR count). The van der Waals surface area contributed by atoms with Crippen molar-refractivity contribution in [2.24, 2.45) is 0 Å². The summed E-state index contributed by atoms with van der Waals surface area (Å²) in [4.78, 5) is 45.3. The second kappa shape index (κ2) is 13.7. The molecule has 0 saturated carbocycles. The van der Waals surface area contributed by atoms with Gasteiger partial charge in [-0.25, -0.2) is 35.9 Å². The van der Waals surface area contributed by atoms with Gasteiger partial charge in [0, 0.05) is 50.7 Å². The van der Waals surface area contributed by atoms with E-state index in [0.29, 0.717) is 6.54 Å². The van der Waals surface area contributed by atoms with Crippen LogP contribution in [0, 0.1) is 24.4 Å². The third-order valence-electron chi connectivity index (χ3n) is 8.98. The van der Waals surface area contributed by atoms with Gasteiger partial charge in [0.05, 0.1) is 27.2 Å². The number of nitrogens with zero attached hydrogens (tertiary/aromatic N) is 7. The number of carbonyl (C=O) groups excluding carboxylic acids is 1. The fraction of sp³-hybridized carbons (Fsp3) is 0.382. The molecule has 0 bridgehead atoms. The molecule has 4 aromatic rings. The third-order valence-corrected chi connectivity index (χ3v) is 10.1. The van der Waals surface area contributed by atoms with Crippen LogP contribution in [0.2, 0.25) is 0 Å². The monoisotopic (exact) mass is 695 g/mol. The lowest BCUT2D eigenvalue weighted by Crippen LogP contribution is -2.54. The van der Waals surface area contributed by atoms with Crippen molar-refractivity contribution in [1.29, 1.82) is 0 Å². The number of anilines is 1. The molecule has 5 heterocycles. The Morgan fingerprint density at radius 2 is 1.71 bits per heavy atom. The molecule has 2 saturated heterocycles. The van der Waals surface area contributed by atoms with Crippen LogP contribution in [0.15, 0.2) is 58.4 Å². The summed E-state index contributed by atoms with van der Waals surface area (Å²) in [5.74, 6) is -3.37. The molecule has 0 spiro atoms. The maximum atomic E-state index is 15.9. The van der Waals surface area contributed by atoms with Crippen LogP contribution in [-0.2, 0) is 14.6 Å². The largest absolute Gasteiger partial charge is 0.355 e. The Morgan fingerprint density at radius 1 is 1.00 bits per heavy atom. The van der Waals surface area contributed by atoms with E-state index in [4.69, 9.17) is 0 Å². The van der Waals surface area contributed by atoms with E-state index in [0.717, 1.165) is 61.0 Å². The average Bonchev–Trinajstić information content (AvgIpc) is 3.05. The van der Waals surface area contributed by atoms with Crippen molar-refractivity contribution in [1.82, 2.24) is 29.3 Å². The summed E-state index contributed by atoms with van der Waals surface area (Å²) in [6.07, 6.45) is 9.19. The minimum atomic E-state index is -3.95. The number of benzene rings is 1. The molecule has 3 aromatic heterocycles. The van der Waals surface area contributed by atoms with E-state index in [-0.39, 0.29) is 58.7 Å². The van der Waals surface area contributed by atoms with Gasteiger partial charge in [0.1, 0.15) is 23.1 Å². The van der Waals surface area contributed by atoms with Crippen molar-refractivity contribution in [2.45, 2.75) is 44.0 Å². The molecule has 11 nitrogen and oxygen atoms in total. The number of hydrogen-bond donors (Lipinski definition) is 0. The Hall–Kier alpha value is -4.63. The number of halogens is 3. The highest BCUT2D eigenvalue weighted by Crippen LogP contribution is 2.34. The van der Waals surface area contributed by atoms with Gasteiger partial charge in [-0.15, -0.1) is 0 Å². The lowest BCUT2D eigenvalue weighted by atomic mass is 10.1. The number of sulfone groups is 1. The molecule has 0 N–H and O–H groups in total. The first-order valence-electron chi connectivity index (χ1n) is 16.0. The minimum absolute atomic E-state index is 0.00615. The standard InChI is InChI=1S/C34H36F3N7O4S/c1-21-20-42(28(45)11-8-16-41-14-5-4-6-15-41)17-18-43(21)32-23-19-26(37)30(29-24(35)9-7-10-25(29)36)39-33(23)44(34(46)40-32)31-22(2)38-13-12-27(31)49(3,47)48/h7-13,19,21H,4-6,14-18,20H2,1-3H3/b11-8+/t21-/m0/s1. The number of aromatic nitrogens is 4. The SMILES string of the molecule is Cc1nccc(S(C)(=O)=O)c1-n1c(=O)nc(N2CCN(C(=O)/C=C/CN3CCCCC3)C[C@@H]2C)c2cc(F)c(-c3c(F)cccc3F)nc21. The Labute approximate surface area is 281 Å². The predicted octanol–water partition coefficient (Wildman–Crippen LogP) is 4.05. The van der Waals surface area contributed by atoms with Gasteiger partial charge in [-0.3, -0.25) is 14.7 Å². The summed E-state index contributed by atoms with van der Waals surface area (Å²) < 4.78 is 72.4. The van der Waals surface area contributed by atoms with Crippen LogP contribution in [0.25, 0.3) is 28.0 Å². The van der Waals surface area contributed by atoms with Crippen LogP contribution in [-0.4, -0.2) is 95.2 Å². The summed E-state index contributed by atoms with van der Waals surface area (Å²) in [7, 11) is -3.95. The highest BCUT2D eigenvalue weighted by Gasteiger charge is 2.31. The molecule has 2 aliphatic rings. The lowest BCUT2D eigenvalue weighted by molar-refractivity contribution is -0.126. The Kier molecular flexibility index (Phi) is 9.58. The van der Waals surface area contributed by atoms with E-state index in [1.54, 1.807) is 15.9 Å². The van der Waals surface area contributed by atoms with Gasteiger partial charge in [-0.05, 0) is 64.0 Å². The first kappa shape index (κ1) is 34.2. The summed E-state index contributed by atoms with van der Waals surface area (Å²) in [6, 6.07) is 4.84. The van der Waals surface area contributed by atoms with Crippen molar-refractivity contribution in [2.75, 3.05) is 50.4 Å². The molecule has 2 fully saturated rings. The zero-order valence-corrected chi connectivity index (χ0v) is 28.2. The van der Waals surface area contributed by atoms with Crippen molar-refractivity contribution in [3.8, 4) is 16.9 Å². The quantitative estimate of drug-likeness (QED) is 0.264. The predicted molar refractivity (Wildman–Crippen MR) is 179 cm³/mol. The summed E-state index contributed by atoms with van der Waals surface area (Å²) in [5.41, 5.74) is -2.75. The van der Waals surface area contributed by atoms with Crippen LogP contribution in [0.1, 0.15) is 31.9 Å². The maximum Gasteiger partial charge on any atom is 0.355 e. The fourth-order valence-corrected chi connectivity index (χ4v) is 7.45. The molecular weight excluding hydrogens is 659 g/mol. The van der Waals surface area contributed by atoms with Gasteiger partial charge in [-0.1, -0.05) is 18.6 Å². The Morgan fingerprint density at radius 3 is 2.39 bits per heavy atom. The summed E-state index contributed by atoms with van der Waals surface area (Å²) >= 11 is 0. The number of fused-ring (bicyclic) bond motifs is 1. The first-order chi connectivity index (χ1) is 23.3. The second-order valence-corrected chi connectivity index (χ2v) is 14.4. The van der Waals surface area contributed by atoms with E-state index in [9.17, 15) is 26.8 Å². The summed E-state index contributed by atoms with van der Waals surface area (Å²) in [6.45, 7) is 6.80. The number of rotatable bonds is 7. The molecular formula is C34H36F3N7O4S. The van der Waals surface area contributed by atoms with Crippen LogP contribution in [0.3, 0.4) is 0 Å². The molecule has 0 aliphatic carbocycles. The van der Waals surface area contributed by atoms with E-state index in [2.05, 4.69) is 19.9 Å². The smallest absolute Gasteiger partial charge is 0.350 e. The van der Waals surface area contributed by atoms with E-state index in [1.165, 1.54) is 25.6 Å². The number of carbonyl (C=O) groups is 1. The van der Waals surface area contributed by atoms with Gasteiger partial charge in [0.15, 0.2) is 21.3 Å². The highest BCUT2D eigenvalue weighted by atomic mass is 32.2. The normalized spacial score (nSPS) is 17.7. The molecule has 258 valence electrons. The number of pyridine rings is 2. The van der Waals surface area contributed by atoms with E-state index in [1.807, 2.05) is 13.0 Å². The number of piperazine rings is 1. The molecule has 49 heavy (non-hydrogen) atoms. The number of piperidine rings is 1. The van der Waals surface area contributed by atoms with Crippen LogP contribution >= 0.6 is 0 Å². The van der Waals surface area contributed by atoms with Crippen molar-refractivity contribution in [3.63, 3.8) is 0 Å². The van der Waals surface area contributed by atoms with E-state index < -0.39 is 50.3 Å².